The van der Waals surface area contributed by atoms with Gasteiger partial charge in [-0.05, 0) is 19.3 Å². The molecule has 6 heteroatoms. The van der Waals surface area contributed by atoms with E-state index in [2.05, 4.69) is 15.7 Å². The number of hydrogen-bond donors (Lipinski definition) is 2. The topological polar surface area (TPSA) is 68.2 Å². The number of aryl methyl sites for hydroxylation is 2. The van der Waals surface area contributed by atoms with Crippen LogP contribution in [0.4, 0.5) is 5.82 Å². The van der Waals surface area contributed by atoms with Crippen LogP contribution in [0.15, 0.2) is 0 Å². The van der Waals surface area contributed by atoms with Crippen molar-refractivity contribution in [2.45, 2.75) is 31.7 Å². The van der Waals surface area contributed by atoms with Crippen molar-refractivity contribution in [2.75, 3.05) is 25.1 Å². The molecule has 0 saturated carbocycles. The second-order valence-electron chi connectivity index (χ2n) is 5.23. The fraction of sp³-hybridized carbons (Fsp3) is 0.692. The highest BCUT2D eigenvalue weighted by molar-refractivity contribution is 5.91. The molecule has 1 aliphatic heterocycles. The Bertz CT molecular complexity index is 477. The Balaban J connectivity index is 1.63. The predicted molar refractivity (Wildman–Crippen MR) is 71.1 cm³/mol. The summed E-state index contributed by atoms with van der Waals surface area (Å²) >= 11 is 0. The molecule has 1 saturated heterocycles. The molecular formula is C13H20N4O2. The van der Waals surface area contributed by atoms with E-state index in [0.717, 1.165) is 43.9 Å². The molecule has 1 aromatic rings. The predicted octanol–water partition coefficient (Wildman–Crippen LogP) is 0.226. The minimum absolute atomic E-state index is 0.0284. The number of anilines is 1. The maximum atomic E-state index is 12.1. The van der Waals surface area contributed by atoms with Crippen LogP contribution >= 0.6 is 0 Å². The van der Waals surface area contributed by atoms with Gasteiger partial charge in [-0.25, -0.2) is 0 Å². The summed E-state index contributed by atoms with van der Waals surface area (Å²) in [6.45, 7) is 2.16. The van der Waals surface area contributed by atoms with Gasteiger partial charge in [-0.3, -0.25) is 9.48 Å². The van der Waals surface area contributed by atoms with Crippen molar-refractivity contribution in [1.29, 1.82) is 0 Å². The van der Waals surface area contributed by atoms with Crippen LogP contribution in [0.1, 0.15) is 24.1 Å². The third kappa shape index (κ3) is 2.64. The SMILES string of the molecule is Cn1nc2c(c1NC(=O)CC1COCCN1)CCC2. The van der Waals surface area contributed by atoms with Gasteiger partial charge in [-0.15, -0.1) is 0 Å². The van der Waals surface area contributed by atoms with Crippen molar-refractivity contribution >= 4 is 11.7 Å². The highest BCUT2D eigenvalue weighted by Crippen LogP contribution is 2.28. The van der Waals surface area contributed by atoms with Crippen LogP contribution in [0.2, 0.25) is 0 Å². The van der Waals surface area contributed by atoms with Crippen molar-refractivity contribution in [3.63, 3.8) is 0 Å². The first-order chi connectivity index (χ1) is 9.24. The second-order valence-corrected chi connectivity index (χ2v) is 5.23. The summed E-state index contributed by atoms with van der Waals surface area (Å²) in [6, 6.07) is 0.120. The van der Waals surface area contributed by atoms with E-state index in [1.54, 1.807) is 4.68 Å². The first-order valence-corrected chi connectivity index (χ1v) is 6.90. The maximum Gasteiger partial charge on any atom is 0.227 e. The highest BCUT2D eigenvalue weighted by atomic mass is 16.5. The minimum Gasteiger partial charge on any atom is -0.378 e. The largest absolute Gasteiger partial charge is 0.378 e. The molecule has 104 valence electrons. The van der Waals surface area contributed by atoms with E-state index in [0.29, 0.717) is 13.0 Å². The van der Waals surface area contributed by atoms with Crippen LogP contribution in [0.5, 0.6) is 0 Å². The average molecular weight is 264 g/mol. The number of carbonyl (C=O) groups is 1. The van der Waals surface area contributed by atoms with Crippen molar-refractivity contribution in [3.8, 4) is 0 Å². The Hall–Kier alpha value is -1.40. The lowest BCUT2D eigenvalue weighted by molar-refractivity contribution is -0.117. The maximum absolute atomic E-state index is 12.1. The van der Waals surface area contributed by atoms with Crippen LogP contribution in [0.25, 0.3) is 0 Å². The van der Waals surface area contributed by atoms with E-state index >= 15 is 0 Å². The zero-order valence-electron chi connectivity index (χ0n) is 11.2. The lowest BCUT2D eigenvalue weighted by Crippen LogP contribution is -2.43. The van der Waals surface area contributed by atoms with E-state index in [1.165, 1.54) is 5.56 Å². The number of amides is 1. The molecule has 0 bridgehead atoms. The monoisotopic (exact) mass is 264 g/mol. The van der Waals surface area contributed by atoms with Gasteiger partial charge in [0.2, 0.25) is 5.91 Å². The molecule has 2 aliphatic rings. The number of nitrogens with one attached hydrogen (secondary N) is 2. The Labute approximate surface area is 112 Å². The molecule has 1 atom stereocenters. The van der Waals surface area contributed by atoms with Gasteiger partial charge in [-0.1, -0.05) is 0 Å². The van der Waals surface area contributed by atoms with Gasteiger partial charge in [-0.2, -0.15) is 5.10 Å². The third-order valence-corrected chi connectivity index (χ3v) is 3.76. The number of fused-ring (bicyclic) bond motifs is 1. The third-order valence-electron chi connectivity index (χ3n) is 3.76. The first-order valence-electron chi connectivity index (χ1n) is 6.90. The molecule has 1 aliphatic carbocycles. The number of aromatic nitrogens is 2. The lowest BCUT2D eigenvalue weighted by atomic mass is 10.2. The van der Waals surface area contributed by atoms with E-state index in [9.17, 15) is 4.79 Å². The standard InChI is InChI=1S/C13H20N4O2/c1-17-13(10-3-2-4-11(10)16-17)15-12(18)7-9-8-19-6-5-14-9/h9,14H,2-8H2,1H3,(H,15,18). The van der Waals surface area contributed by atoms with Crippen LogP contribution < -0.4 is 10.6 Å². The number of hydrogen-bond acceptors (Lipinski definition) is 4. The Kier molecular flexibility index (Phi) is 3.52. The second kappa shape index (κ2) is 5.30. The lowest BCUT2D eigenvalue weighted by Gasteiger charge is -2.23. The summed E-state index contributed by atoms with van der Waals surface area (Å²) in [5.41, 5.74) is 2.35. The molecule has 1 unspecified atom stereocenters. The number of rotatable bonds is 3. The van der Waals surface area contributed by atoms with E-state index in [-0.39, 0.29) is 11.9 Å². The van der Waals surface area contributed by atoms with E-state index < -0.39 is 0 Å². The van der Waals surface area contributed by atoms with Crippen LogP contribution in [0.3, 0.4) is 0 Å². The van der Waals surface area contributed by atoms with Crippen molar-refractivity contribution in [1.82, 2.24) is 15.1 Å². The number of nitrogens with zero attached hydrogens (tertiary/aromatic N) is 2. The molecule has 2 heterocycles. The zero-order chi connectivity index (χ0) is 13.2. The van der Waals surface area contributed by atoms with Crippen molar-refractivity contribution in [2.24, 2.45) is 7.05 Å². The molecule has 2 N–H and O–H groups in total. The van der Waals surface area contributed by atoms with Crippen LogP contribution in [-0.4, -0.2) is 41.5 Å². The Morgan fingerprint density at radius 3 is 3.26 bits per heavy atom. The van der Waals surface area contributed by atoms with Crippen molar-refractivity contribution < 1.29 is 9.53 Å². The summed E-state index contributed by atoms with van der Waals surface area (Å²) in [5.74, 6) is 0.898. The van der Waals surface area contributed by atoms with Gasteiger partial charge in [0.1, 0.15) is 5.82 Å². The fourth-order valence-electron chi connectivity index (χ4n) is 2.83. The number of carbonyl (C=O) groups excluding carboxylic acids is 1. The molecule has 0 radical (unpaired) electrons. The Morgan fingerprint density at radius 2 is 2.47 bits per heavy atom. The van der Waals surface area contributed by atoms with Gasteiger partial charge in [0.15, 0.2) is 0 Å². The minimum atomic E-state index is 0.0284. The molecule has 19 heavy (non-hydrogen) atoms. The van der Waals surface area contributed by atoms with Crippen molar-refractivity contribution in [3.05, 3.63) is 11.3 Å². The molecule has 0 aromatic carbocycles. The fourth-order valence-corrected chi connectivity index (χ4v) is 2.83. The molecule has 1 amide bonds. The first kappa shape index (κ1) is 12.6. The summed E-state index contributed by atoms with van der Waals surface area (Å²) in [7, 11) is 1.88. The molecule has 0 spiro atoms. The number of ether oxygens (including phenoxy) is 1. The Morgan fingerprint density at radius 1 is 1.58 bits per heavy atom. The summed E-state index contributed by atoms with van der Waals surface area (Å²) in [4.78, 5) is 12.1. The van der Waals surface area contributed by atoms with Gasteiger partial charge >= 0.3 is 0 Å². The molecule has 1 aromatic heterocycles. The van der Waals surface area contributed by atoms with E-state index in [1.807, 2.05) is 7.05 Å². The quantitative estimate of drug-likeness (QED) is 0.820. The van der Waals surface area contributed by atoms with Gasteiger partial charge in [0.25, 0.3) is 0 Å². The van der Waals surface area contributed by atoms with Gasteiger partial charge in [0, 0.05) is 31.6 Å². The molecule has 6 nitrogen and oxygen atoms in total. The number of morpholine rings is 1. The summed E-state index contributed by atoms with van der Waals surface area (Å²) < 4.78 is 7.14. The average Bonchev–Trinajstić information content (AvgIpc) is 2.94. The zero-order valence-corrected chi connectivity index (χ0v) is 11.2. The van der Waals surface area contributed by atoms with Gasteiger partial charge in [0.05, 0.1) is 18.9 Å². The normalized spacial score (nSPS) is 22.3. The van der Waals surface area contributed by atoms with Crippen LogP contribution in [-0.2, 0) is 29.4 Å². The summed E-state index contributed by atoms with van der Waals surface area (Å²) in [5, 5.41) is 10.7. The van der Waals surface area contributed by atoms with Crippen LogP contribution in [0, 0.1) is 0 Å². The summed E-state index contributed by atoms with van der Waals surface area (Å²) in [6.07, 6.45) is 3.62. The van der Waals surface area contributed by atoms with Gasteiger partial charge < -0.3 is 15.4 Å². The van der Waals surface area contributed by atoms with E-state index in [4.69, 9.17) is 4.74 Å². The smallest absolute Gasteiger partial charge is 0.227 e. The molecular weight excluding hydrogens is 244 g/mol. The highest BCUT2D eigenvalue weighted by Gasteiger charge is 2.23. The molecule has 3 rings (SSSR count). The molecule has 1 fully saturated rings.